The van der Waals surface area contributed by atoms with Crippen LogP contribution in [0.5, 0.6) is 0 Å². The van der Waals surface area contributed by atoms with Crippen molar-refractivity contribution < 1.29 is 4.79 Å². The molecule has 1 N–H and O–H groups in total. The fourth-order valence-corrected chi connectivity index (χ4v) is 3.62. The number of rotatable bonds is 5. The van der Waals surface area contributed by atoms with Crippen LogP contribution in [0.3, 0.4) is 0 Å². The van der Waals surface area contributed by atoms with E-state index in [2.05, 4.69) is 51.6 Å². The number of halogens is 1. The molecule has 0 atom stereocenters. The minimum atomic E-state index is 0.188. The van der Waals surface area contributed by atoms with E-state index in [1.165, 1.54) is 5.56 Å². The third kappa shape index (κ3) is 4.84. The third-order valence-corrected chi connectivity index (χ3v) is 5.10. The fourth-order valence-electron chi connectivity index (χ4n) is 3.22. The molecule has 4 heteroatoms. The predicted octanol–water partition coefficient (Wildman–Crippen LogP) is 4.34. The standard InChI is InChI=1S/C20H23BrN2O/c21-18-7-4-8-19(14-18)22-15-20(24)23-11-9-17(10-12-23)13-16-5-2-1-3-6-16/h1-8,14,17,22H,9-13,15H2. The van der Waals surface area contributed by atoms with Gasteiger partial charge in [-0.15, -0.1) is 0 Å². The van der Waals surface area contributed by atoms with Gasteiger partial charge in [0.2, 0.25) is 5.91 Å². The topological polar surface area (TPSA) is 32.3 Å². The largest absolute Gasteiger partial charge is 0.376 e. The second kappa shape index (κ2) is 8.34. The molecule has 1 heterocycles. The number of piperidine rings is 1. The van der Waals surface area contributed by atoms with Crippen LogP contribution in [0.25, 0.3) is 0 Å². The van der Waals surface area contributed by atoms with E-state index in [0.717, 1.165) is 42.5 Å². The summed E-state index contributed by atoms with van der Waals surface area (Å²) in [4.78, 5) is 14.4. The zero-order valence-corrected chi connectivity index (χ0v) is 15.3. The minimum Gasteiger partial charge on any atom is -0.376 e. The summed E-state index contributed by atoms with van der Waals surface area (Å²) >= 11 is 3.44. The highest BCUT2D eigenvalue weighted by Gasteiger charge is 2.22. The molecular formula is C20H23BrN2O. The molecule has 0 bridgehead atoms. The van der Waals surface area contributed by atoms with Gasteiger partial charge in [-0.2, -0.15) is 0 Å². The normalized spacial score (nSPS) is 15.3. The number of carbonyl (C=O) groups excluding carboxylic acids is 1. The number of benzene rings is 2. The molecule has 126 valence electrons. The zero-order valence-electron chi connectivity index (χ0n) is 13.7. The van der Waals surface area contributed by atoms with Crippen LogP contribution in [0.15, 0.2) is 59.1 Å². The molecule has 3 rings (SSSR count). The first kappa shape index (κ1) is 17.0. The SMILES string of the molecule is O=C(CNc1cccc(Br)c1)N1CCC(Cc2ccccc2)CC1. The Morgan fingerprint density at radius 1 is 1.08 bits per heavy atom. The van der Waals surface area contributed by atoms with Gasteiger partial charge in [0, 0.05) is 23.2 Å². The highest BCUT2D eigenvalue weighted by molar-refractivity contribution is 9.10. The lowest BCUT2D eigenvalue weighted by Gasteiger charge is -2.32. The summed E-state index contributed by atoms with van der Waals surface area (Å²) in [6.07, 6.45) is 3.31. The van der Waals surface area contributed by atoms with E-state index in [9.17, 15) is 4.79 Å². The second-order valence-corrected chi connectivity index (χ2v) is 7.29. The van der Waals surface area contributed by atoms with Gasteiger partial charge >= 0.3 is 0 Å². The summed E-state index contributed by atoms with van der Waals surface area (Å²) in [5.74, 6) is 0.877. The quantitative estimate of drug-likeness (QED) is 0.828. The molecule has 3 nitrogen and oxygen atoms in total. The molecule has 0 aliphatic carbocycles. The molecule has 1 aliphatic heterocycles. The van der Waals surface area contributed by atoms with Crippen molar-refractivity contribution in [1.29, 1.82) is 0 Å². The number of carbonyl (C=O) groups is 1. The summed E-state index contributed by atoms with van der Waals surface area (Å²) in [6, 6.07) is 18.5. The van der Waals surface area contributed by atoms with Gasteiger partial charge in [-0.25, -0.2) is 0 Å². The van der Waals surface area contributed by atoms with Crippen LogP contribution in [0.4, 0.5) is 5.69 Å². The Bertz CT molecular complexity index is 666. The first-order valence-corrected chi connectivity index (χ1v) is 9.31. The summed E-state index contributed by atoms with van der Waals surface area (Å²) < 4.78 is 1.02. The number of nitrogens with one attached hydrogen (secondary N) is 1. The smallest absolute Gasteiger partial charge is 0.241 e. The van der Waals surface area contributed by atoms with Crippen molar-refractivity contribution in [3.05, 3.63) is 64.6 Å². The number of likely N-dealkylation sites (tertiary alicyclic amines) is 1. The Morgan fingerprint density at radius 2 is 1.83 bits per heavy atom. The van der Waals surface area contributed by atoms with E-state index in [0.29, 0.717) is 12.5 Å². The van der Waals surface area contributed by atoms with Crippen molar-refractivity contribution in [2.45, 2.75) is 19.3 Å². The molecule has 2 aromatic carbocycles. The summed E-state index contributed by atoms with van der Waals surface area (Å²) in [5.41, 5.74) is 2.37. The maximum absolute atomic E-state index is 12.4. The lowest BCUT2D eigenvalue weighted by Crippen LogP contribution is -2.41. The molecule has 0 unspecified atom stereocenters. The average Bonchev–Trinajstić information content (AvgIpc) is 2.61. The van der Waals surface area contributed by atoms with E-state index in [1.807, 2.05) is 29.2 Å². The average molecular weight is 387 g/mol. The van der Waals surface area contributed by atoms with E-state index >= 15 is 0 Å². The van der Waals surface area contributed by atoms with E-state index in [4.69, 9.17) is 0 Å². The second-order valence-electron chi connectivity index (χ2n) is 6.38. The van der Waals surface area contributed by atoms with Crippen LogP contribution in [-0.2, 0) is 11.2 Å². The van der Waals surface area contributed by atoms with Crippen LogP contribution >= 0.6 is 15.9 Å². The van der Waals surface area contributed by atoms with E-state index in [1.54, 1.807) is 0 Å². The van der Waals surface area contributed by atoms with Crippen molar-refractivity contribution in [1.82, 2.24) is 4.90 Å². The van der Waals surface area contributed by atoms with Crippen LogP contribution in [0, 0.1) is 5.92 Å². The Labute approximate surface area is 152 Å². The predicted molar refractivity (Wildman–Crippen MR) is 102 cm³/mol. The van der Waals surface area contributed by atoms with Gasteiger partial charge in [0.1, 0.15) is 0 Å². The highest BCUT2D eigenvalue weighted by atomic mass is 79.9. The van der Waals surface area contributed by atoms with Gasteiger partial charge in [-0.05, 0) is 48.9 Å². The van der Waals surface area contributed by atoms with Gasteiger partial charge in [0.15, 0.2) is 0 Å². The monoisotopic (exact) mass is 386 g/mol. The zero-order chi connectivity index (χ0) is 16.8. The molecule has 0 radical (unpaired) electrons. The van der Waals surface area contributed by atoms with Gasteiger partial charge in [-0.3, -0.25) is 4.79 Å². The van der Waals surface area contributed by atoms with E-state index in [-0.39, 0.29) is 5.91 Å². The number of amides is 1. The number of nitrogens with zero attached hydrogens (tertiary/aromatic N) is 1. The van der Waals surface area contributed by atoms with Gasteiger partial charge in [-0.1, -0.05) is 52.3 Å². The van der Waals surface area contributed by atoms with Crippen molar-refractivity contribution in [3.8, 4) is 0 Å². The van der Waals surface area contributed by atoms with Crippen molar-refractivity contribution >= 4 is 27.5 Å². The molecule has 24 heavy (non-hydrogen) atoms. The Morgan fingerprint density at radius 3 is 2.54 bits per heavy atom. The molecule has 1 fully saturated rings. The Kier molecular flexibility index (Phi) is 5.91. The third-order valence-electron chi connectivity index (χ3n) is 4.60. The number of hydrogen-bond donors (Lipinski definition) is 1. The maximum atomic E-state index is 12.4. The minimum absolute atomic E-state index is 0.188. The molecule has 0 aromatic heterocycles. The Hall–Kier alpha value is -1.81. The van der Waals surface area contributed by atoms with Crippen LogP contribution in [0.1, 0.15) is 18.4 Å². The highest BCUT2D eigenvalue weighted by Crippen LogP contribution is 2.22. The van der Waals surface area contributed by atoms with Gasteiger partial charge in [0.05, 0.1) is 6.54 Å². The van der Waals surface area contributed by atoms with Crippen LogP contribution < -0.4 is 5.32 Å². The van der Waals surface area contributed by atoms with Gasteiger partial charge in [0.25, 0.3) is 0 Å². The molecule has 1 saturated heterocycles. The summed E-state index contributed by atoms with van der Waals surface area (Å²) in [7, 11) is 0. The summed E-state index contributed by atoms with van der Waals surface area (Å²) in [6.45, 7) is 2.10. The summed E-state index contributed by atoms with van der Waals surface area (Å²) in [5, 5.41) is 3.21. The number of hydrogen-bond acceptors (Lipinski definition) is 2. The molecule has 2 aromatic rings. The fraction of sp³-hybridized carbons (Fsp3) is 0.350. The van der Waals surface area contributed by atoms with Crippen molar-refractivity contribution in [2.24, 2.45) is 5.92 Å². The molecular weight excluding hydrogens is 364 g/mol. The number of anilines is 1. The molecule has 0 saturated carbocycles. The molecule has 0 spiro atoms. The van der Waals surface area contributed by atoms with Crippen molar-refractivity contribution in [2.75, 3.05) is 25.0 Å². The van der Waals surface area contributed by atoms with Crippen molar-refractivity contribution in [3.63, 3.8) is 0 Å². The molecule has 1 amide bonds. The first-order valence-electron chi connectivity index (χ1n) is 8.52. The first-order chi connectivity index (χ1) is 11.7. The van der Waals surface area contributed by atoms with E-state index < -0.39 is 0 Å². The Balaban J connectivity index is 1.43. The lowest BCUT2D eigenvalue weighted by atomic mass is 9.90. The molecule has 1 aliphatic rings. The van der Waals surface area contributed by atoms with Crippen LogP contribution in [0.2, 0.25) is 0 Å². The van der Waals surface area contributed by atoms with Gasteiger partial charge < -0.3 is 10.2 Å². The maximum Gasteiger partial charge on any atom is 0.241 e. The lowest BCUT2D eigenvalue weighted by molar-refractivity contribution is -0.130. The van der Waals surface area contributed by atoms with Crippen LogP contribution in [-0.4, -0.2) is 30.4 Å².